The summed E-state index contributed by atoms with van der Waals surface area (Å²) in [7, 11) is 1.24. The Hall–Kier alpha value is -3.78. The van der Waals surface area contributed by atoms with Gasteiger partial charge in [0, 0.05) is 24.7 Å². The first-order valence-electron chi connectivity index (χ1n) is 9.87. The first kappa shape index (κ1) is 26.8. The number of carbonyl (C=O) groups excluding carboxylic acids is 1. The summed E-state index contributed by atoms with van der Waals surface area (Å²) in [5, 5.41) is 6.01. The number of nitrogens with one attached hydrogen (secondary N) is 1. The van der Waals surface area contributed by atoms with Crippen LogP contribution in [0.2, 0.25) is 0 Å². The molecule has 0 aliphatic carbocycles. The molecule has 15 heteroatoms. The zero-order valence-electron chi connectivity index (χ0n) is 18.0. The van der Waals surface area contributed by atoms with Crippen molar-refractivity contribution < 1.29 is 44.3 Å². The Balaban J connectivity index is 1.79. The van der Waals surface area contributed by atoms with E-state index in [1.165, 1.54) is 13.1 Å². The molecule has 0 bridgehead atoms. The highest BCUT2D eigenvalue weighted by Gasteiger charge is 2.37. The molecule has 2 aromatic carbocycles. The summed E-state index contributed by atoms with van der Waals surface area (Å²) < 4.78 is 119. The van der Waals surface area contributed by atoms with Gasteiger partial charge in [0.15, 0.2) is 5.82 Å². The van der Waals surface area contributed by atoms with Crippen molar-refractivity contribution in [3.05, 3.63) is 75.2 Å². The molecule has 0 aliphatic heterocycles. The largest absolute Gasteiger partial charge is 0.416 e. The fourth-order valence-corrected chi connectivity index (χ4v) is 3.18. The fourth-order valence-electron chi connectivity index (χ4n) is 3.18. The molecule has 1 heterocycles. The maximum Gasteiger partial charge on any atom is 0.416 e. The highest BCUT2D eigenvalue weighted by Crippen LogP contribution is 2.36. The Morgan fingerprint density at radius 2 is 1.42 bits per heavy atom. The summed E-state index contributed by atoms with van der Waals surface area (Å²) in [6, 6.07) is 4.39. The molecule has 0 radical (unpaired) electrons. The molecule has 1 aromatic heterocycles. The summed E-state index contributed by atoms with van der Waals surface area (Å²) in [6.07, 6.45) is -14.9. The second-order valence-electron chi connectivity index (χ2n) is 7.52. The molecule has 1 N–H and O–H groups in total. The van der Waals surface area contributed by atoms with E-state index in [-0.39, 0.29) is 36.1 Å². The Morgan fingerprint density at radius 3 is 1.94 bits per heavy atom. The molecule has 0 atom stereocenters. The number of carbonyl (C=O) groups is 1. The number of benzene rings is 2. The van der Waals surface area contributed by atoms with Gasteiger partial charge in [0.25, 0.3) is 5.91 Å². The van der Waals surface area contributed by atoms with Gasteiger partial charge in [-0.1, -0.05) is 12.1 Å². The van der Waals surface area contributed by atoms with Gasteiger partial charge >= 0.3 is 24.2 Å². The maximum absolute atomic E-state index is 13.0. The van der Waals surface area contributed by atoms with E-state index in [9.17, 15) is 49.1 Å². The number of hydrogen-bond acceptors (Lipinski definition) is 3. The molecule has 0 saturated heterocycles. The number of hydrogen-bond donors (Lipinski definition) is 1. The molecule has 3 rings (SSSR count). The van der Waals surface area contributed by atoms with E-state index < -0.39 is 58.9 Å². The normalized spacial score (nSPS) is 12.6. The second kappa shape index (κ2) is 9.35. The lowest BCUT2D eigenvalue weighted by Crippen LogP contribution is -2.32. The number of amides is 1. The average Bonchev–Trinajstić information content (AvgIpc) is 3.05. The van der Waals surface area contributed by atoms with Crippen LogP contribution >= 0.6 is 0 Å². The summed E-state index contributed by atoms with van der Waals surface area (Å²) in [5.74, 6) is -1.40. The Morgan fingerprint density at radius 1 is 0.861 bits per heavy atom. The van der Waals surface area contributed by atoms with E-state index in [0.717, 1.165) is 27.4 Å². The lowest BCUT2D eigenvalue weighted by Gasteiger charge is -2.14. The molecule has 194 valence electrons. The third-order valence-electron chi connectivity index (χ3n) is 4.95. The van der Waals surface area contributed by atoms with Gasteiger partial charge in [-0.05, 0) is 30.3 Å². The zero-order chi connectivity index (χ0) is 27.1. The van der Waals surface area contributed by atoms with Crippen LogP contribution in [0.1, 0.15) is 27.0 Å². The maximum atomic E-state index is 13.0. The SMILES string of the molecule is Cn1c(-c2cccc(C(F)(F)F)c2)nn(CCNC(=O)c2cc(C(F)(F)F)cc(C(F)(F)F)c2)c1=O. The summed E-state index contributed by atoms with van der Waals surface area (Å²) >= 11 is 0. The van der Waals surface area contributed by atoms with Crippen LogP contribution in [0.15, 0.2) is 47.3 Å². The van der Waals surface area contributed by atoms with Gasteiger partial charge in [-0.25, -0.2) is 9.48 Å². The second-order valence-corrected chi connectivity index (χ2v) is 7.52. The predicted molar refractivity (Wildman–Crippen MR) is 107 cm³/mol. The van der Waals surface area contributed by atoms with Crippen molar-refractivity contribution in [1.29, 1.82) is 0 Å². The van der Waals surface area contributed by atoms with Crippen molar-refractivity contribution in [3.63, 3.8) is 0 Å². The standard InChI is InChI=1S/C21H15F9N4O2/c1-33-16(11-3-2-4-13(7-11)19(22,23)24)32-34(18(33)36)6-5-31-17(35)12-8-14(20(25,26)27)10-15(9-12)21(28,29)30/h2-4,7-10H,5-6H2,1H3,(H,31,35). The van der Waals surface area contributed by atoms with Gasteiger partial charge in [-0.2, -0.15) is 39.5 Å². The number of halogens is 9. The zero-order valence-corrected chi connectivity index (χ0v) is 18.0. The number of nitrogens with zero attached hydrogens (tertiary/aromatic N) is 3. The Kier molecular flexibility index (Phi) is 6.97. The third-order valence-corrected chi connectivity index (χ3v) is 4.95. The smallest absolute Gasteiger partial charge is 0.350 e. The van der Waals surface area contributed by atoms with Crippen molar-refractivity contribution in [2.45, 2.75) is 25.1 Å². The minimum atomic E-state index is -5.14. The molecule has 0 unspecified atom stereocenters. The Labute approximate surface area is 195 Å². The van der Waals surface area contributed by atoms with Crippen molar-refractivity contribution >= 4 is 5.91 Å². The van der Waals surface area contributed by atoms with Crippen LogP contribution in [-0.4, -0.2) is 26.8 Å². The Bertz CT molecular complexity index is 1300. The van der Waals surface area contributed by atoms with Gasteiger partial charge in [-0.15, -0.1) is 5.10 Å². The van der Waals surface area contributed by atoms with Gasteiger partial charge in [0.05, 0.1) is 23.2 Å². The van der Waals surface area contributed by atoms with Crippen LogP contribution in [0.3, 0.4) is 0 Å². The molecule has 0 fully saturated rings. The number of rotatable bonds is 5. The van der Waals surface area contributed by atoms with Gasteiger partial charge < -0.3 is 5.32 Å². The minimum Gasteiger partial charge on any atom is -0.350 e. The molecule has 6 nitrogen and oxygen atoms in total. The van der Waals surface area contributed by atoms with E-state index in [1.807, 2.05) is 0 Å². The van der Waals surface area contributed by atoms with Crippen molar-refractivity contribution in [3.8, 4) is 11.4 Å². The molecule has 0 spiro atoms. The summed E-state index contributed by atoms with van der Waals surface area (Å²) in [4.78, 5) is 24.6. The van der Waals surface area contributed by atoms with E-state index >= 15 is 0 Å². The minimum absolute atomic E-state index is 0.0316. The molecule has 3 aromatic rings. The van der Waals surface area contributed by atoms with E-state index in [2.05, 4.69) is 10.4 Å². The quantitative estimate of drug-likeness (QED) is 0.489. The van der Waals surface area contributed by atoms with Crippen LogP contribution < -0.4 is 11.0 Å². The van der Waals surface area contributed by atoms with Gasteiger partial charge in [0.2, 0.25) is 0 Å². The average molecular weight is 526 g/mol. The van der Waals surface area contributed by atoms with Crippen LogP contribution in [-0.2, 0) is 32.1 Å². The molecular weight excluding hydrogens is 511 g/mol. The monoisotopic (exact) mass is 526 g/mol. The van der Waals surface area contributed by atoms with Crippen LogP contribution in [0.4, 0.5) is 39.5 Å². The molecule has 0 saturated carbocycles. The fraction of sp³-hybridized carbons (Fsp3) is 0.286. The molecule has 0 aliphatic rings. The topological polar surface area (TPSA) is 68.9 Å². The van der Waals surface area contributed by atoms with Gasteiger partial charge in [-0.3, -0.25) is 9.36 Å². The molecule has 1 amide bonds. The first-order chi connectivity index (χ1) is 16.5. The highest BCUT2D eigenvalue weighted by atomic mass is 19.4. The van der Waals surface area contributed by atoms with Crippen LogP contribution in [0, 0.1) is 0 Å². The highest BCUT2D eigenvalue weighted by molar-refractivity contribution is 5.94. The predicted octanol–water partition coefficient (Wildman–Crippen LogP) is 4.74. The van der Waals surface area contributed by atoms with Gasteiger partial charge in [0.1, 0.15) is 0 Å². The van der Waals surface area contributed by atoms with E-state index in [4.69, 9.17) is 0 Å². The first-order valence-corrected chi connectivity index (χ1v) is 9.87. The van der Waals surface area contributed by atoms with Crippen molar-refractivity contribution in [2.24, 2.45) is 7.05 Å². The summed E-state index contributed by atoms with van der Waals surface area (Å²) in [6.45, 7) is -0.808. The van der Waals surface area contributed by atoms with E-state index in [0.29, 0.717) is 0 Å². The number of aromatic nitrogens is 3. The lowest BCUT2D eigenvalue weighted by atomic mass is 10.0. The van der Waals surface area contributed by atoms with Crippen molar-refractivity contribution in [2.75, 3.05) is 6.54 Å². The van der Waals surface area contributed by atoms with Crippen LogP contribution in [0.5, 0.6) is 0 Å². The summed E-state index contributed by atoms with van der Waals surface area (Å²) in [5.41, 5.74) is -6.04. The third kappa shape index (κ3) is 5.88. The molecule has 36 heavy (non-hydrogen) atoms. The lowest BCUT2D eigenvalue weighted by molar-refractivity contribution is -0.143. The van der Waals surface area contributed by atoms with Crippen LogP contribution in [0.25, 0.3) is 11.4 Å². The van der Waals surface area contributed by atoms with Crippen molar-refractivity contribution in [1.82, 2.24) is 19.7 Å². The molecular formula is C21H15F9N4O2. The van der Waals surface area contributed by atoms with E-state index in [1.54, 1.807) is 0 Å². The number of alkyl halides is 9.